The second-order valence-electron chi connectivity index (χ2n) is 4.87. The number of carboxylic acid groups (broad SMARTS) is 1. The van der Waals surface area contributed by atoms with Crippen molar-refractivity contribution in [1.82, 2.24) is 0 Å². The summed E-state index contributed by atoms with van der Waals surface area (Å²) in [7, 11) is 0. The Hall–Kier alpha value is -1.72. The molecule has 1 aromatic carbocycles. The summed E-state index contributed by atoms with van der Waals surface area (Å²) in [6, 6.07) is 3.40. The molecule has 19 heavy (non-hydrogen) atoms. The molecular weight excluding hydrogens is 259 g/mol. The highest BCUT2D eigenvalue weighted by molar-refractivity contribution is 5.90. The number of hydrogen-bond donors (Lipinski definition) is 1. The minimum Gasteiger partial charge on any atom is -0.478 e. The largest absolute Gasteiger partial charge is 0.478 e. The first-order valence-corrected chi connectivity index (χ1v) is 5.98. The van der Waals surface area contributed by atoms with Crippen LogP contribution in [0.2, 0.25) is 0 Å². The number of carbonyl (C=O) groups is 1. The van der Waals surface area contributed by atoms with Crippen molar-refractivity contribution in [2.24, 2.45) is 5.92 Å². The maximum atomic E-state index is 12.9. The Kier molecular flexibility index (Phi) is 3.43. The van der Waals surface area contributed by atoms with Crippen LogP contribution in [0, 0.1) is 5.92 Å². The van der Waals surface area contributed by atoms with Crippen molar-refractivity contribution in [2.75, 3.05) is 18.0 Å². The van der Waals surface area contributed by atoms with Crippen LogP contribution in [0.25, 0.3) is 0 Å². The molecule has 1 fully saturated rings. The third-order valence-corrected chi connectivity index (χ3v) is 3.33. The number of hydrogen-bond acceptors (Lipinski definition) is 2. The Bertz CT molecular complexity index is 499. The van der Waals surface area contributed by atoms with E-state index < -0.39 is 23.3 Å². The van der Waals surface area contributed by atoms with Crippen LogP contribution in [0.3, 0.4) is 0 Å². The highest BCUT2D eigenvalue weighted by Crippen LogP contribution is 2.35. The van der Waals surface area contributed by atoms with Crippen molar-refractivity contribution < 1.29 is 23.1 Å². The van der Waals surface area contributed by atoms with Gasteiger partial charge < -0.3 is 10.0 Å². The van der Waals surface area contributed by atoms with E-state index in [0.29, 0.717) is 24.7 Å². The third kappa shape index (κ3) is 2.83. The molecule has 0 bridgehead atoms. The molecule has 0 saturated carbocycles. The van der Waals surface area contributed by atoms with Gasteiger partial charge in [0.2, 0.25) is 0 Å². The average Bonchev–Trinajstić information content (AvgIpc) is 2.74. The average molecular weight is 273 g/mol. The van der Waals surface area contributed by atoms with Gasteiger partial charge in [-0.05, 0) is 30.5 Å². The first kappa shape index (κ1) is 13.7. The lowest BCUT2D eigenvalue weighted by atomic mass is 10.1. The predicted octanol–water partition coefficient (Wildman–Crippen LogP) is 3.25. The van der Waals surface area contributed by atoms with Crippen molar-refractivity contribution >= 4 is 11.7 Å². The van der Waals surface area contributed by atoms with Crippen molar-refractivity contribution in [3.8, 4) is 0 Å². The number of rotatable bonds is 2. The maximum Gasteiger partial charge on any atom is 0.417 e. The quantitative estimate of drug-likeness (QED) is 0.899. The molecule has 1 aromatic rings. The Morgan fingerprint density at radius 1 is 1.42 bits per heavy atom. The van der Waals surface area contributed by atoms with E-state index >= 15 is 0 Å². The van der Waals surface area contributed by atoms with Crippen LogP contribution in [0.15, 0.2) is 18.2 Å². The monoisotopic (exact) mass is 273 g/mol. The molecule has 1 heterocycles. The molecule has 0 aromatic heterocycles. The van der Waals surface area contributed by atoms with E-state index in [0.717, 1.165) is 18.6 Å². The minimum atomic E-state index is -4.66. The fourth-order valence-corrected chi connectivity index (χ4v) is 2.32. The summed E-state index contributed by atoms with van der Waals surface area (Å²) in [5.74, 6) is -1.12. The zero-order valence-electron chi connectivity index (χ0n) is 10.4. The fraction of sp³-hybridized carbons (Fsp3) is 0.462. The topological polar surface area (TPSA) is 40.5 Å². The number of halogens is 3. The molecule has 1 atom stereocenters. The summed E-state index contributed by atoms with van der Waals surface area (Å²) in [6.07, 6.45) is -3.73. The van der Waals surface area contributed by atoms with E-state index in [9.17, 15) is 18.0 Å². The molecule has 1 aliphatic rings. The number of nitrogens with zero attached hydrogens (tertiary/aromatic N) is 1. The summed E-state index contributed by atoms with van der Waals surface area (Å²) < 4.78 is 38.6. The number of anilines is 1. The Morgan fingerprint density at radius 3 is 2.58 bits per heavy atom. The van der Waals surface area contributed by atoms with Gasteiger partial charge in [0.15, 0.2) is 0 Å². The molecule has 0 amide bonds. The SMILES string of the molecule is CC1CCN(c2ccc(C(=O)O)c(C(F)(F)F)c2)C1. The maximum absolute atomic E-state index is 12.9. The van der Waals surface area contributed by atoms with Gasteiger partial charge in [-0.25, -0.2) is 4.79 Å². The molecule has 0 spiro atoms. The molecule has 1 saturated heterocycles. The lowest BCUT2D eigenvalue weighted by molar-refractivity contribution is -0.138. The molecule has 2 rings (SSSR count). The zero-order chi connectivity index (χ0) is 14.2. The summed E-state index contributed by atoms with van der Waals surface area (Å²) in [5, 5.41) is 8.81. The molecule has 0 radical (unpaired) electrons. The van der Waals surface area contributed by atoms with Crippen molar-refractivity contribution in [1.29, 1.82) is 0 Å². The molecule has 6 heteroatoms. The van der Waals surface area contributed by atoms with E-state index in [2.05, 4.69) is 0 Å². The van der Waals surface area contributed by atoms with Crippen LogP contribution in [0.4, 0.5) is 18.9 Å². The van der Waals surface area contributed by atoms with Gasteiger partial charge in [-0.3, -0.25) is 0 Å². The highest BCUT2D eigenvalue weighted by Gasteiger charge is 2.36. The van der Waals surface area contributed by atoms with Crippen molar-refractivity contribution in [3.63, 3.8) is 0 Å². The minimum absolute atomic E-state index is 0.432. The van der Waals surface area contributed by atoms with Gasteiger partial charge in [0.05, 0.1) is 11.1 Å². The van der Waals surface area contributed by atoms with Crippen LogP contribution in [0.1, 0.15) is 29.3 Å². The van der Waals surface area contributed by atoms with Crippen molar-refractivity contribution in [2.45, 2.75) is 19.5 Å². The summed E-state index contributed by atoms with van der Waals surface area (Å²) in [6.45, 7) is 3.44. The van der Waals surface area contributed by atoms with Crippen LogP contribution in [-0.2, 0) is 6.18 Å². The van der Waals surface area contributed by atoms with E-state index in [-0.39, 0.29) is 0 Å². The number of alkyl halides is 3. The van der Waals surface area contributed by atoms with E-state index in [1.807, 2.05) is 11.8 Å². The zero-order valence-corrected chi connectivity index (χ0v) is 10.4. The van der Waals surface area contributed by atoms with Gasteiger partial charge in [0.1, 0.15) is 0 Å². The fourth-order valence-electron chi connectivity index (χ4n) is 2.32. The number of aromatic carboxylic acids is 1. The van der Waals surface area contributed by atoms with E-state index in [1.54, 1.807) is 0 Å². The Balaban J connectivity index is 2.41. The predicted molar refractivity (Wildman–Crippen MR) is 64.4 cm³/mol. The van der Waals surface area contributed by atoms with Crippen LogP contribution >= 0.6 is 0 Å². The summed E-state index contributed by atoms with van der Waals surface area (Å²) in [4.78, 5) is 12.7. The Morgan fingerprint density at radius 2 is 2.11 bits per heavy atom. The van der Waals surface area contributed by atoms with Crippen LogP contribution in [0.5, 0.6) is 0 Å². The molecule has 0 aliphatic carbocycles. The molecular formula is C13H14F3NO2. The molecule has 3 nitrogen and oxygen atoms in total. The lowest BCUT2D eigenvalue weighted by Gasteiger charge is -2.20. The van der Waals surface area contributed by atoms with Gasteiger partial charge in [-0.2, -0.15) is 13.2 Å². The van der Waals surface area contributed by atoms with E-state index in [1.165, 1.54) is 6.07 Å². The third-order valence-electron chi connectivity index (χ3n) is 3.33. The molecule has 104 valence electrons. The second-order valence-corrected chi connectivity index (χ2v) is 4.87. The smallest absolute Gasteiger partial charge is 0.417 e. The van der Waals surface area contributed by atoms with Gasteiger partial charge in [0.25, 0.3) is 0 Å². The van der Waals surface area contributed by atoms with Gasteiger partial charge in [-0.15, -0.1) is 0 Å². The highest BCUT2D eigenvalue weighted by atomic mass is 19.4. The van der Waals surface area contributed by atoms with Gasteiger partial charge in [-0.1, -0.05) is 6.92 Å². The molecule has 1 unspecified atom stereocenters. The molecule has 1 aliphatic heterocycles. The second kappa shape index (κ2) is 4.75. The first-order chi connectivity index (χ1) is 8.79. The van der Waals surface area contributed by atoms with Crippen LogP contribution < -0.4 is 4.90 Å². The van der Waals surface area contributed by atoms with Crippen LogP contribution in [-0.4, -0.2) is 24.2 Å². The molecule has 1 N–H and O–H groups in total. The van der Waals surface area contributed by atoms with Crippen molar-refractivity contribution in [3.05, 3.63) is 29.3 Å². The van der Waals surface area contributed by atoms with Gasteiger partial charge >= 0.3 is 12.1 Å². The standard InChI is InChI=1S/C13H14F3NO2/c1-8-4-5-17(7-8)9-2-3-10(12(18)19)11(6-9)13(14,15)16/h2-3,6,8H,4-5,7H2,1H3,(H,18,19). The summed E-state index contributed by atoms with van der Waals surface area (Å²) >= 11 is 0. The Labute approximate surface area is 108 Å². The lowest BCUT2D eigenvalue weighted by Crippen LogP contribution is -2.21. The van der Waals surface area contributed by atoms with E-state index in [4.69, 9.17) is 5.11 Å². The normalized spacial score (nSPS) is 19.8. The van der Waals surface area contributed by atoms with Gasteiger partial charge in [0, 0.05) is 18.8 Å². The number of carboxylic acids is 1. The first-order valence-electron chi connectivity index (χ1n) is 5.98. The summed E-state index contributed by atoms with van der Waals surface area (Å²) in [5.41, 5.74) is -1.36. The number of benzene rings is 1.